The third-order valence-corrected chi connectivity index (χ3v) is 2.14. The minimum Gasteiger partial charge on any atom is -0.463 e. The van der Waals surface area contributed by atoms with Crippen molar-refractivity contribution in [2.75, 3.05) is 13.2 Å². The smallest absolute Gasteiger partial charge is 0.333 e. The molecule has 0 fully saturated rings. The first-order chi connectivity index (χ1) is 8.02. The van der Waals surface area contributed by atoms with E-state index in [1.807, 2.05) is 6.92 Å². The molecule has 0 spiro atoms. The predicted octanol–water partition coefficient (Wildman–Crippen LogP) is 2.40. The van der Waals surface area contributed by atoms with Crippen LogP contribution in [0, 0.1) is 0 Å². The molecule has 0 saturated heterocycles. The van der Waals surface area contributed by atoms with Gasteiger partial charge in [-0.15, -0.1) is 0 Å². The molecule has 0 unspecified atom stereocenters. The summed E-state index contributed by atoms with van der Waals surface area (Å²) in [6, 6.07) is 0. The number of ether oxygens (including phenoxy) is 2. The lowest BCUT2D eigenvalue weighted by atomic mass is 10.2. The number of hydrogen-bond donors (Lipinski definition) is 0. The largest absolute Gasteiger partial charge is 0.463 e. The molecule has 4 nitrogen and oxygen atoms in total. The van der Waals surface area contributed by atoms with Crippen LogP contribution in [0.1, 0.15) is 33.1 Å². The van der Waals surface area contributed by atoms with Crippen molar-refractivity contribution in [2.24, 2.45) is 0 Å². The number of hydrogen-bond acceptors (Lipinski definition) is 4. The van der Waals surface area contributed by atoms with Gasteiger partial charge in [-0.2, -0.15) is 0 Å². The molecule has 96 valence electrons. The fraction of sp³-hybridized carbons (Fsp3) is 0.538. The second-order valence-corrected chi connectivity index (χ2v) is 3.52. The molecule has 0 rings (SSSR count). The maximum Gasteiger partial charge on any atom is 0.333 e. The summed E-state index contributed by atoms with van der Waals surface area (Å²) in [6.45, 7) is 11.4. The lowest BCUT2D eigenvalue weighted by Crippen LogP contribution is -2.10. The highest BCUT2D eigenvalue weighted by molar-refractivity contribution is 5.88. The summed E-state index contributed by atoms with van der Waals surface area (Å²) in [5.41, 5.74) is 0.853. The summed E-state index contributed by atoms with van der Waals surface area (Å²) in [7, 11) is 0. The van der Waals surface area contributed by atoms with Crippen molar-refractivity contribution in [3.8, 4) is 0 Å². The molecular formula is C13H20O4. The van der Waals surface area contributed by atoms with Crippen molar-refractivity contribution in [2.45, 2.75) is 33.1 Å². The highest BCUT2D eigenvalue weighted by atomic mass is 16.5. The number of carbonyl (C=O) groups excluding carboxylic acids is 2. The van der Waals surface area contributed by atoms with Crippen molar-refractivity contribution in [1.82, 2.24) is 0 Å². The van der Waals surface area contributed by atoms with E-state index in [1.54, 1.807) is 6.92 Å². The van der Waals surface area contributed by atoms with E-state index in [4.69, 9.17) is 9.47 Å². The van der Waals surface area contributed by atoms with Crippen LogP contribution in [0.25, 0.3) is 0 Å². The predicted molar refractivity (Wildman–Crippen MR) is 65.4 cm³/mol. The average molecular weight is 240 g/mol. The molecule has 17 heavy (non-hydrogen) atoms. The van der Waals surface area contributed by atoms with E-state index in [1.165, 1.54) is 0 Å². The van der Waals surface area contributed by atoms with Crippen LogP contribution in [0.5, 0.6) is 0 Å². The Hall–Kier alpha value is -1.58. The van der Waals surface area contributed by atoms with E-state index in [-0.39, 0.29) is 12.6 Å². The minimum atomic E-state index is -0.392. The van der Waals surface area contributed by atoms with E-state index in [0.29, 0.717) is 37.0 Å². The van der Waals surface area contributed by atoms with Gasteiger partial charge in [0, 0.05) is 11.1 Å². The van der Waals surface area contributed by atoms with Crippen molar-refractivity contribution < 1.29 is 19.1 Å². The second kappa shape index (κ2) is 8.56. The Morgan fingerprint density at radius 3 is 2.12 bits per heavy atom. The Morgan fingerprint density at radius 1 is 1.00 bits per heavy atom. The van der Waals surface area contributed by atoms with Crippen molar-refractivity contribution in [1.29, 1.82) is 0 Å². The van der Waals surface area contributed by atoms with E-state index in [2.05, 4.69) is 13.2 Å². The number of rotatable bonds is 8. The van der Waals surface area contributed by atoms with E-state index >= 15 is 0 Å². The third kappa shape index (κ3) is 6.56. The first kappa shape index (κ1) is 15.4. The highest BCUT2D eigenvalue weighted by Gasteiger charge is 2.09. The Kier molecular flexibility index (Phi) is 7.76. The summed E-state index contributed by atoms with van der Waals surface area (Å²) in [5.74, 6) is -0.772. The van der Waals surface area contributed by atoms with Crippen LogP contribution in [0.3, 0.4) is 0 Å². The molecule has 0 aliphatic rings. The summed E-state index contributed by atoms with van der Waals surface area (Å²) in [6.07, 6.45) is 1.60. The van der Waals surface area contributed by atoms with Crippen LogP contribution in [0.4, 0.5) is 0 Å². The number of carbonyl (C=O) groups is 2. The molecule has 0 aliphatic heterocycles. The van der Waals surface area contributed by atoms with Crippen molar-refractivity contribution >= 4 is 11.9 Å². The van der Waals surface area contributed by atoms with E-state index in [0.717, 1.165) is 0 Å². The summed E-state index contributed by atoms with van der Waals surface area (Å²) in [5, 5.41) is 0. The molecule has 0 saturated carbocycles. The Bertz CT molecular complexity index is 305. The molecule has 0 aromatic carbocycles. The highest BCUT2D eigenvalue weighted by Crippen LogP contribution is 2.06. The Morgan fingerprint density at radius 2 is 1.59 bits per heavy atom. The summed E-state index contributed by atoms with van der Waals surface area (Å²) < 4.78 is 9.73. The van der Waals surface area contributed by atoms with Crippen LogP contribution in [0.2, 0.25) is 0 Å². The molecule has 0 aromatic rings. The monoisotopic (exact) mass is 240 g/mol. The van der Waals surface area contributed by atoms with Crippen LogP contribution < -0.4 is 0 Å². The molecule has 0 radical (unpaired) electrons. The Balaban J connectivity index is 3.71. The molecule has 4 heteroatoms. The standard InChI is InChI=1S/C13H20O4/c1-5-10(3)12(14)17-9-7-8-11(4)13(15)16-6-2/h3-9H2,1-2H3. The zero-order chi connectivity index (χ0) is 13.3. The van der Waals surface area contributed by atoms with Gasteiger partial charge in [-0.05, 0) is 26.2 Å². The summed E-state index contributed by atoms with van der Waals surface area (Å²) in [4.78, 5) is 22.4. The lowest BCUT2D eigenvalue weighted by Gasteiger charge is -2.07. The molecule has 0 bridgehead atoms. The van der Waals surface area contributed by atoms with E-state index < -0.39 is 5.97 Å². The van der Waals surface area contributed by atoms with Crippen LogP contribution in [-0.2, 0) is 19.1 Å². The second-order valence-electron chi connectivity index (χ2n) is 3.52. The first-order valence-electron chi connectivity index (χ1n) is 5.72. The SMILES string of the molecule is C=C(CC)C(=O)OCCCC(=C)C(=O)OCC. The van der Waals surface area contributed by atoms with Gasteiger partial charge in [-0.25, -0.2) is 9.59 Å². The van der Waals surface area contributed by atoms with Crippen LogP contribution >= 0.6 is 0 Å². The molecule has 0 heterocycles. The molecule has 0 N–H and O–H groups in total. The molecule has 0 atom stereocenters. The summed E-state index contributed by atoms with van der Waals surface area (Å²) >= 11 is 0. The zero-order valence-electron chi connectivity index (χ0n) is 10.6. The maximum atomic E-state index is 11.2. The zero-order valence-corrected chi connectivity index (χ0v) is 10.6. The van der Waals surface area contributed by atoms with Gasteiger partial charge in [-0.3, -0.25) is 0 Å². The average Bonchev–Trinajstić information content (AvgIpc) is 2.33. The lowest BCUT2D eigenvalue weighted by molar-refractivity contribution is -0.139. The fourth-order valence-electron chi connectivity index (χ4n) is 1.03. The van der Waals surface area contributed by atoms with Gasteiger partial charge >= 0.3 is 11.9 Å². The molecule has 0 amide bonds. The van der Waals surface area contributed by atoms with Gasteiger partial charge in [0.25, 0.3) is 0 Å². The maximum absolute atomic E-state index is 11.2. The van der Waals surface area contributed by atoms with Gasteiger partial charge in [0.2, 0.25) is 0 Å². The molecule has 0 aromatic heterocycles. The minimum absolute atomic E-state index is 0.260. The van der Waals surface area contributed by atoms with Crippen molar-refractivity contribution in [3.05, 3.63) is 24.3 Å². The number of esters is 2. The quantitative estimate of drug-likeness (QED) is 0.371. The van der Waals surface area contributed by atoms with Gasteiger partial charge < -0.3 is 9.47 Å². The molecular weight excluding hydrogens is 220 g/mol. The van der Waals surface area contributed by atoms with Gasteiger partial charge in [0.1, 0.15) is 0 Å². The van der Waals surface area contributed by atoms with Gasteiger partial charge in [0.15, 0.2) is 0 Å². The van der Waals surface area contributed by atoms with Crippen molar-refractivity contribution in [3.63, 3.8) is 0 Å². The topological polar surface area (TPSA) is 52.6 Å². The molecule has 0 aliphatic carbocycles. The van der Waals surface area contributed by atoms with E-state index in [9.17, 15) is 9.59 Å². The Labute approximate surface area is 102 Å². The first-order valence-corrected chi connectivity index (χ1v) is 5.72. The normalized spacial score (nSPS) is 9.53. The fourth-order valence-corrected chi connectivity index (χ4v) is 1.03. The van der Waals surface area contributed by atoms with Gasteiger partial charge in [0.05, 0.1) is 13.2 Å². The van der Waals surface area contributed by atoms with Crippen LogP contribution in [0.15, 0.2) is 24.3 Å². The third-order valence-electron chi connectivity index (χ3n) is 2.14. The van der Waals surface area contributed by atoms with Crippen LogP contribution in [-0.4, -0.2) is 25.2 Å². The van der Waals surface area contributed by atoms with Gasteiger partial charge in [-0.1, -0.05) is 20.1 Å².